The number of nitrogens with zero attached hydrogens (tertiary/aromatic N) is 2. The fraction of sp³-hybridized carbons (Fsp3) is 0. The van der Waals surface area contributed by atoms with E-state index in [1.54, 1.807) is 0 Å². The van der Waals surface area contributed by atoms with E-state index < -0.39 is 11.0 Å². The first-order valence-corrected chi connectivity index (χ1v) is 9.24. The number of urea groups is 1. The van der Waals surface area contributed by atoms with Crippen molar-refractivity contribution in [3.63, 3.8) is 0 Å². The quantitative estimate of drug-likeness (QED) is 0.354. The fourth-order valence-corrected chi connectivity index (χ4v) is 3.54. The Balaban J connectivity index is 1.48. The molecule has 138 valence electrons. The lowest BCUT2D eigenvalue weighted by atomic mass is 10.0. The van der Waals surface area contributed by atoms with E-state index in [2.05, 4.69) is 15.6 Å². The standard InChI is InChI=1S/C20H14N4O3S/c25-19(21-14-8-10-15(11-9-14)24(26)27)23-20-22-18(12-28-20)17-7-3-5-13-4-1-2-6-16(13)17/h1-12H,(H2,21,22,23,25). The van der Waals surface area contributed by atoms with E-state index in [0.29, 0.717) is 10.8 Å². The average molecular weight is 390 g/mol. The highest BCUT2D eigenvalue weighted by Gasteiger charge is 2.11. The lowest BCUT2D eigenvalue weighted by Crippen LogP contribution is -2.19. The van der Waals surface area contributed by atoms with Crippen molar-refractivity contribution in [3.05, 3.63) is 82.2 Å². The monoisotopic (exact) mass is 390 g/mol. The highest BCUT2D eigenvalue weighted by molar-refractivity contribution is 7.14. The largest absolute Gasteiger partial charge is 0.325 e. The predicted octanol–water partition coefficient (Wildman–Crippen LogP) is 5.52. The first-order chi connectivity index (χ1) is 13.6. The third-order valence-electron chi connectivity index (χ3n) is 4.13. The summed E-state index contributed by atoms with van der Waals surface area (Å²) in [5, 5.41) is 20.6. The maximum atomic E-state index is 12.2. The van der Waals surface area contributed by atoms with E-state index in [0.717, 1.165) is 22.0 Å². The molecule has 0 radical (unpaired) electrons. The van der Waals surface area contributed by atoms with Crippen LogP contribution in [0.3, 0.4) is 0 Å². The topological polar surface area (TPSA) is 97.2 Å². The van der Waals surface area contributed by atoms with Crippen molar-refractivity contribution in [2.75, 3.05) is 10.6 Å². The molecule has 0 saturated carbocycles. The van der Waals surface area contributed by atoms with Gasteiger partial charge < -0.3 is 5.32 Å². The Morgan fingerprint density at radius 3 is 2.50 bits per heavy atom. The summed E-state index contributed by atoms with van der Waals surface area (Å²) in [6.07, 6.45) is 0. The third kappa shape index (κ3) is 3.67. The number of hydrogen-bond acceptors (Lipinski definition) is 5. The van der Waals surface area contributed by atoms with E-state index in [1.807, 2.05) is 47.8 Å². The second-order valence-electron chi connectivity index (χ2n) is 5.95. The number of carbonyl (C=O) groups is 1. The van der Waals surface area contributed by atoms with E-state index in [4.69, 9.17) is 0 Å². The lowest BCUT2D eigenvalue weighted by molar-refractivity contribution is -0.384. The Hall–Kier alpha value is -3.78. The van der Waals surface area contributed by atoms with Gasteiger partial charge in [0.05, 0.1) is 10.6 Å². The minimum absolute atomic E-state index is 0.0365. The van der Waals surface area contributed by atoms with Crippen LogP contribution in [0.5, 0.6) is 0 Å². The Labute approximate surface area is 163 Å². The number of amides is 2. The van der Waals surface area contributed by atoms with Crippen LogP contribution in [0.4, 0.5) is 21.3 Å². The molecule has 0 fully saturated rings. The van der Waals surface area contributed by atoms with Crippen LogP contribution >= 0.6 is 11.3 Å². The van der Waals surface area contributed by atoms with Gasteiger partial charge in [-0.3, -0.25) is 15.4 Å². The number of carbonyl (C=O) groups excluding carboxylic acids is 1. The van der Waals surface area contributed by atoms with Gasteiger partial charge in [0.25, 0.3) is 5.69 Å². The molecule has 0 bridgehead atoms. The molecule has 4 rings (SSSR count). The molecule has 2 N–H and O–H groups in total. The number of nitro groups is 1. The summed E-state index contributed by atoms with van der Waals surface area (Å²) in [7, 11) is 0. The number of rotatable bonds is 4. The number of nitro benzene ring substituents is 1. The number of anilines is 2. The minimum Gasteiger partial charge on any atom is -0.308 e. The predicted molar refractivity (Wildman–Crippen MR) is 111 cm³/mol. The van der Waals surface area contributed by atoms with Gasteiger partial charge in [-0.05, 0) is 22.9 Å². The smallest absolute Gasteiger partial charge is 0.308 e. The number of aromatic nitrogens is 1. The minimum atomic E-state index is -0.492. The maximum Gasteiger partial charge on any atom is 0.325 e. The van der Waals surface area contributed by atoms with Gasteiger partial charge in [-0.1, -0.05) is 42.5 Å². The second-order valence-corrected chi connectivity index (χ2v) is 6.81. The molecule has 1 aromatic heterocycles. The normalized spacial score (nSPS) is 10.6. The molecule has 0 aliphatic rings. The Morgan fingerprint density at radius 1 is 0.964 bits per heavy atom. The van der Waals surface area contributed by atoms with E-state index in [1.165, 1.54) is 35.6 Å². The zero-order valence-corrected chi connectivity index (χ0v) is 15.3. The van der Waals surface area contributed by atoms with E-state index in [-0.39, 0.29) is 5.69 Å². The van der Waals surface area contributed by atoms with Crippen LogP contribution in [0.2, 0.25) is 0 Å². The molecule has 0 atom stereocenters. The summed E-state index contributed by atoms with van der Waals surface area (Å²) in [4.78, 5) is 26.9. The molecule has 28 heavy (non-hydrogen) atoms. The molecule has 3 aromatic carbocycles. The van der Waals surface area contributed by atoms with Gasteiger partial charge in [-0.2, -0.15) is 0 Å². The summed E-state index contributed by atoms with van der Waals surface area (Å²) >= 11 is 1.33. The molecule has 0 spiro atoms. The van der Waals surface area contributed by atoms with Gasteiger partial charge in [0, 0.05) is 28.8 Å². The SMILES string of the molecule is O=C(Nc1ccc([N+](=O)[O-])cc1)Nc1nc(-c2cccc3ccccc23)cs1. The van der Waals surface area contributed by atoms with E-state index >= 15 is 0 Å². The number of nitrogens with one attached hydrogen (secondary N) is 2. The molecule has 0 saturated heterocycles. The van der Waals surface area contributed by atoms with Gasteiger partial charge in [-0.15, -0.1) is 11.3 Å². The van der Waals surface area contributed by atoms with Crippen LogP contribution in [0.25, 0.3) is 22.0 Å². The first-order valence-electron chi connectivity index (χ1n) is 8.36. The summed E-state index contributed by atoms with van der Waals surface area (Å²) in [6, 6.07) is 19.2. The fourth-order valence-electron chi connectivity index (χ4n) is 2.83. The van der Waals surface area contributed by atoms with Gasteiger partial charge in [0.1, 0.15) is 0 Å². The zero-order valence-electron chi connectivity index (χ0n) is 14.5. The van der Waals surface area contributed by atoms with Crippen molar-refractivity contribution in [1.82, 2.24) is 4.98 Å². The van der Waals surface area contributed by atoms with Gasteiger partial charge >= 0.3 is 6.03 Å². The molecule has 2 amide bonds. The molecule has 0 unspecified atom stereocenters. The summed E-state index contributed by atoms with van der Waals surface area (Å²) in [6.45, 7) is 0. The number of non-ortho nitro benzene ring substituents is 1. The lowest BCUT2D eigenvalue weighted by Gasteiger charge is -2.05. The van der Waals surface area contributed by atoms with Crippen LogP contribution in [0.1, 0.15) is 0 Å². The summed E-state index contributed by atoms with van der Waals surface area (Å²) < 4.78 is 0. The number of thiazole rings is 1. The molecule has 7 nitrogen and oxygen atoms in total. The highest BCUT2D eigenvalue weighted by Crippen LogP contribution is 2.31. The maximum absolute atomic E-state index is 12.2. The van der Waals surface area contributed by atoms with Gasteiger partial charge in [-0.25, -0.2) is 9.78 Å². The number of fused-ring (bicyclic) bond motifs is 1. The van der Waals surface area contributed by atoms with E-state index in [9.17, 15) is 14.9 Å². The molecule has 0 aliphatic carbocycles. The molecule has 0 aliphatic heterocycles. The van der Waals surface area contributed by atoms with Crippen LogP contribution in [0.15, 0.2) is 72.1 Å². The van der Waals surface area contributed by atoms with Crippen LogP contribution < -0.4 is 10.6 Å². The van der Waals surface area contributed by atoms with Crippen molar-refractivity contribution in [2.45, 2.75) is 0 Å². The Kier molecular flexibility index (Phi) is 4.69. The molecule has 1 heterocycles. The molecule has 4 aromatic rings. The second kappa shape index (κ2) is 7.45. The van der Waals surface area contributed by atoms with Crippen molar-refractivity contribution < 1.29 is 9.72 Å². The number of benzene rings is 3. The average Bonchev–Trinajstić information content (AvgIpc) is 3.16. The highest BCUT2D eigenvalue weighted by atomic mass is 32.1. The Morgan fingerprint density at radius 2 is 1.71 bits per heavy atom. The van der Waals surface area contributed by atoms with Crippen LogP contribution in [-0.2, 0) is 0 Å². The summed E-state index contributed by atoms with van der Waals surface area (Å²) in [5.41, 5.74) is 2.20. The van der Waals surface area contributed by atoms with Crippen molar-refractivity contribution in [2.24, 2.45) is 0 Å². The van der Waals surface area contributed by atoms with Gasteiger partial charge in [0.2, 0.25) is 0 Å². The zero-order chi connectivity index (χ0) is 19.5. The van der Waals surface area contributed by atoms with Crippen molar-refractivity contribution >= 4 is 44.6 Å². The molecular formula is C20H14N4O3S. The van der Waals surface area contributed by atoms with Crippen LogP contribution in [-0.4, -0.2) is 15.9 Å². The Bertz CT molecular complexity index is 1170. The summed E-state index contributed by atoms with van der Waals surface area (Å²) in [5.74, 6) is 0. The first kappa shape index (κ1) is 17.6. The van der Waals surface area contributed by atoms with Gasteiger partial charge in [0.15, 0.2) is 5.13 Å². The molecular weight excluding hydrogens is 376 g/mol. The van der Waals surface area contributed by atoms with Crippen LogP contribution in [0, 0.1) is 10.1 Å². The van der Waals surface area contributed by atoms with Crippen molar-refractivity contribution in [1.29, 1.82) is 0 Å². The number of hydrogen-bond donors (Lipinski definition) is 2. The third-order valence-corrected chi connectivity index (χ3v) is 4.88. The van der Waals surface area contributed by atoms with Crippen molar-refractivity contribution in [3.8, 4) is 11.3 Å². The molecule has 8 heteroatoms.